The van der Waals surface area contributed by atoms with Crippen LogP contribution in [0.4, 0.5) is 4.79 Å². The second kappa shape index (κ2) is 9.03. The Balaban J connectivity index is 2.52. The van der Waals surface area contributed by atoms with Crippen molar-refractivity contribution in [2.45, 2.75) is 38.8 Å². The monoisotopic (exact) mass is 352 g/mol. The zero-order chi connectivity index (χ0) is 19.0. The van der Waals surface area contributed by atoms with Crippen LogP contribution in [0.2, 0.25) is 0 Å². The first-order valence-electron chi connectivity index (χ1n) is 7.70. The normalized spacial score (nSPS) is 12.0. The molecular formula is C17H24N2O6. The first-order chi connectivity index (χ1) is 11.6. The fourth-order valence-electron chi connectivity index (χ4n) is 1.77. The number of carbonyl (C=O) groups is 3. The quantitative estimate of drug-likeness (QED) is 0.738. The molecule has 0 heterocycles. The first-order valence-corrected chi connectivity index (χ1v) is 7.70. The van der Waals surface area contributed by atoms with Crippen molar-refractivity contribution in [2.24, 2.45) is 5.73 Å². The highest BCUT2D eigenvalue weighted by Crippen LogP contribution is 2.15. The van der Waals surface area contributed by atoms with Gasteiger partial charge in [-0.15, -0.1) is 0 Å². The maximum absolute atomic E-state index is 11.9. The zero-order valence-corrected chi connectivity index (χ0v) is 14.8. The molecule has 0 aliphatic carbocycles. The molecule has 0 aliphatic rings. The number of ether oxygens (including phenoxy) is 3. The minimum Gasteiger partial charge on any atom is -0.468 e. The first kappa shape index (κ1) is 20.4. The summed E-state index contributed by atoms with van der Waals surface area (Å²) in [6, 6.07) is 5.72. The second-order valence-corrected chi connectivity index (χ2v) is 6.31. The predicted octanol–water partition coefficient (Wildman–Crippen LogP) is 1.16. The minimum atomic E-state index is -0.783. The lowest BCUT2D eigenvalue weighted by Crippen LogP contribution is -2.38. The molecule has 25 heavy (non-hydrogen) atoms. The van der Waals surface area contributed by atoms with Crippen molar-refractivity contribution >= 4 is 18.0 Å². The van der Waals surface area contributed by atoms with Gasteiger partial charge in [-0.05, 0) is 44.9 Å². The van der Waals surface area contributed by atoms with Gasteiger partial charge in [-0.2, -0.15) is 0 Å². The van der Waals surface area contributed by atoms with Crippen molar-refractivity contribution in [3.05, 3.63) is 29.8 Å². The van der Waals surface area contributed by atoms with Crippen molar-refractivity contribution in [3.63, 3.8) is 0 Å². The number of hydrogen-bond donors (Lipinski definition) is 2. The van der Waals surface area contributed by atoms with E-state index >= 15 is 0 Å². The Kier molecular flexibility index (Phi) is 7.38. The highest BCUT2D eigenvalue weighted by atomic mass is 16.6. The van der Waals surface area contributed by atoms with Gasteiger partial charge in [0.2, 0.25) is 0 Å². The van der Waals surface area contributed by atoms with Gasteiger partial charge in [0.1, 0.15) is 23.9 Å². The maximum atomic E-state index is 11.9. The third kappa shape index (κ3) is 8.16. The van der Waals surface area contributed by atoms with Gasteiger partial charge in [0.25, 0.3) is 0 Å². The fourth-order valence-corrected chi connectivity index (χ4v) is 1.77. The van der Waals surface area contributed by atoms with Crippen molar-refractivity contribution in [2.75, 3.05) is 13.7 Å². The summed E-state index contributed by atoms with van der Waals surface area (Å²) in [7, 11) is 1.22. The largest absolute Gasteiger partial charge is 0.468 e. The number of esters is 2. The molecule has 0 saturated carbocycles. The molecule has 0 saturated heterocycles. The number of nitrogens with one attached hydrogen (secondary N) is 1. The van der Waals surface area contributed by atoms with E-state index in [0.29, 0.717) is 6.42 Å². The smallest absolute Gasteiger partial charge is 0.413 e. The van der Waals surface area contributed by atoms with Gasteiger partial charge in [0, 0.05) is 0 Å². The SMILES string of the molecule is COC(=O)CNC(=O)Oc1ccc(C[C@H](N)C(=O)OC(C)(C)C)cc1. The van der Waals surface area contributed by atoms with Gasteiger partial charge in [0.15, 0.2) is 0 Å². The Morgan fingerprint density at radius 2 is 1.76 bits per heavy atom. The third-order valence-corrected chi connectivity index (χ3v) is 2.90. The van der Waals surface area contributed by atoms with Crippen LogP contribution < -0.4 is 15.8 Å². The molecule has 138 valence electrons. The third-order valence-electron chi connectivity index (χ3n) is 2.90. The zero-order valence-electron chi connectivity index (χ0n) is 14.8. The van der Waals surface area contributed by atoms with Gasteiger partial charge in [-0.1, -0.05) is 12.1 Å². The van der Waals surface area contributed by atoms with Crippen LogP contribution in [0.15, 0.2) is 24.3 Å². The Labute approximate surface area is 146 Å². The molecule has 1 rings (SSSR count). The van der Waals surface area contributed by atoms with Gasteiger partial charge in [-0.3, -0.25) is 9.59 Å². The van der Waals surface area contributed by atoms with Crippen LogP contribution in [0.1, 0.15) is 26.3 Å². The summed E-state index contributed by atoms with van der Waals surface area (Å²) in [6.45, 7) is 5.04. The Morgan fingerprint density at radius 1 is 1.16 bits per heavy atom. The van der Waals surface area contributed by atoms with E-state index in [1.54, 1.807) is 45.0 Å². The van der Waals surface area contributed by atoms with Gasteiger partial charge < -0.3 is 25.3 Å². The highest BCUT2D eigenvalue weighted by molar-refractivity contribution is 5.78. The summed E-state index contributed by atoms with van der Waals surface area (Å²) < 4.78 is 14.6. The van der Waals surface area contributed by atoms with E-state index < -0.39 is 29.7 Å². The minimum absolute atomic E-state index is 0.280. The average Bonchev–Trinajstić information content (AvgIpc) is 2.52. The topological polar surface area (TPSA) is 117 Å². The van der Waals surface area contributed by atoms with Crippen LogP contribution in [-0.2, 0) is 25.5 Å². The second-order valence-electron chi connectivity index (χ2n) is 6.31. The molecule has 8 nitrogen and oxygen atoms in total. The number of amides is 1. The van der Waals surface area contributed by atoms with Gasteiger partial charge in [-0.25, -0.2) is 4.79 Å². The molecular weight excluding hydrogens is 328 g/mol. The molecule has 0 bridgehead atoms. The number of rotatable bonds is 6. The van der Waals surface area contributed by atoms with Gasteiger partial charge in [0.05, 0.1) is 7.11 Å². The molecule has 8 heteroatoms. The molecule has 1 amide bonds. The molecule has 1 aromatic rings. The highest BCUT2D eigenvalue weighted by Gasteiger charge is 2.22. The lowest BCUT2D eigenvalue weighted by Gasteiger charge is -2.22. The number of hydrogen-bond acceptors (Lipinski definition) is 7. The Morgan fingerprint density at radius 3 is 2.28 bits per heavy atom. The summed E-state index contributed by atoms with van der Waals surface area (Å²) in [5, 5.41) is 2.25. The Bertz CT molecular complexity index is 607. The summed E-state index contributed by atoms with van der Waals surface area (Å²) in [6.07, 6.45) is -0.479. The fraction of sp³-hybridized carbons (Fsp3) is 0.471. The summed E-state index contributed by atoms with van der Waals surface area (Å²) in [5.74, 6) is -0.768. The lowest BCUT2D eigenvalue weighted by molar-refractivity contribution is -0.156. The molecule has 0 aromatic heterocycles. The van der Waals surface area contributed by atoms with E-state index in [9.17, 15) is 14.4 Å². The van der Waals surface area contributed by atoms with Crippen LogP contribution in [0.25, 0.3) is 0 Å². The molecule has 0 fully saturated rings. The predicted molar refractivity (Wildman–Crippen MR) is 90.0 cm³/mol. The molecule has 0 unspecified atom stereocenters. The van der Waals surface area contributed by atoms with Crippen molar-refractivity contribution < 1.29 is 28.6 Å². The molecule has 1 atom stereocenters. The van der Waals surface area contributed by atoms with Crippen molar-refractivity contribution in [1.29, 1.82) is 0 Å². The molecule has 0 spiro atoms. The molecule has 0 aliphatic heterocycles. The average molecular weight is 352 g/mol. The van der Waals surface area contributed by atoms with E-state index in [0.717, 1.165) is 5.56 Å². The lowest BCUT2D eigenvalue weighted by atomic mass is 10.1. The number of carbonyl (C=O) groups excluding carboxylic acids is 3. The maximum Gasteiger partial charge on any atom is 0.413 e. The summed E-state index contributed by atoms with van der Waals surface area (Å²) in [4.78, 5) is 34.3. The van der Waals surface area contributed by atoms with E-state index in [1.165, 1.54) is 7.11 Å². The van der Waals surface area contributed by atoms with Crippen LogP contribution in [0, 0.1) is 0 Å². The summed E-state index contributed by atoms with van der Waals surface area (Å²) in [5.41, 5.74) is 6.04. The van der Waals surface area contributed by atoms with E-state index in [-0.39, 0.29) is 12.3 Å². The van der Waals surface area contributed by atoms with E-state index in [1.807, 2.05) is 0 Å². The molecule has 0 radical (unpaired) electrons. The van der Waals surface area contributed by atoms with Crippen molar-refractivity contribution in [3.8, 4) is 5.75 Å². The van der Waals surface area contributed by atoms with Gasteiger partial charge >= 0.3 is 18.0 Å². The van der Waals surface area contributed by atoms with Crippen LogP contribution >= 0.6 is 0 Å². The molecule has 1 aromatic carbocycles. The molecule has 3 N–H and O–H groups in total. The number of methoxy groups -OCH3 is 1. The standard InChI is InChI=1S/C17H24N2O6/c1-17(2,3)25-15(21)13(18)9-11-5-7-12(8-6-11)24-16(22)19-10-14(20)23-4/h5-8,13H,9-10,18H2,1-4H3,(H,19,22)/t13-/m0/s1. The summed E-state index contributed by atoms with van der Waals surface area (Å²) >= 11 is 0. The Hall–Kier alpha value is -2.61. The van der Waals surface area contributed by atoms with E-state index in [2.05, 4.69) is 10.1 Å². The van der Waals surface area contributed by atoms with Crippen LogP contribution in [0.3, 0.4) is 0 Å². The van der Waals surface area contributed by atoms with E-state index in [4.69, 9.17) is 15.2 Å². The number of nitrogens with two attached hydrogens (primary N) is 1. The van der Waals surface area contributed by atoms with Crippen molar-refractivity contribution in [1.82, 2.24) is 5.32 Å². The van der Waals surface area contributed by atoms with Crippen LogP contribution in [-0.4, -0.2) is 43.3 Å². The number of benzene rings is 1. The van der Waals surface area contributed by atoms with Crippen LogP contribution in [0.5, 0.6) is 5.75 Å².